The summed E-state index contributed by atoms with van der Waals surface area (Å²) in [6.07, 6.45) is 1.09. The molecule has 0 unspecified atom stereocenters. The number of methoxy groups -OCH3 is 1. The van der Waals surface area contributed by atoms with Crippen molar-refractivity contribution in [3.05, 3.63) is 52.6 Å². The van der Waals surface area contributed by atoms with E-state index in [4.69, 9.17) is 9.47 Å². The topological polar surface area (TPSA) is 60.5 Å². The molecule has 116 valence electrons. The van der Waals surface area contributed by atoms with E-state index < -0.39 is 6.10 Å². The van der Waals surface area contributed by atoms with Crippen molar-refractivity contribution in [2.75, 3.05) is 7.11 Å². The second-order valence-corrected chi connectivity index (χ2v) is 5.56. The monoisotopic (exact) mass is 364 g/mol. The zero-order valence-corrected chi connectivity index (χ0v) is 14.0. The molecule has 0 radical (unpaired) electrons. The van der Waals surface area contributed by atoms with E-state index in [0.29, 0.717) is 18.2 Å². The Morgan fingerprint density at radius 3 is 2.59 bits per heavy atom. The molecule has 1 heterocycles. The van der Waals surface area contributed by atoms with Crippen LogP contribution in [0.15, 0.2) is 47.1 Å². The van der Waals surface area contributed by atoms with E-state index in [-0.39, 0.29) is 5.91 Å². The van der Waals surface area contributed by atoms with Crippen molar-refractivity contribution < 1.29 is 14.3 Å². The van der Waals surface area contributed by atoms with Crippen molar-refractivity contribution >= 4 is 21.8 Å². The summed E-state index contributed by atoms with van der Waals surface area (Å²) in [4.78, 5) is 16.1. The van der Waals surface area contributed by atoms with E-state index >= 15 is 0 Å². The van der Waals surface area contributed by atoms with Gasteiger partial charge in [-0.2, -0.15) is 0 Å². The number of hydrogen-bond donors (Lipinski definition) is 1. The summed E-state index contributed by atoms with van der Waals surface area (Å²) in [5.74, 6) is 1.01. The highest BCUT2D eigenvalue weighted by atomic mass is 79.9. The zero-order valence-electron chi connectivity index (χ0n) is 12.4. The van der Waals surface area contributed by atoms with Crippen LogP contribution in [0.3, 0.4) is 0 Å². The fraction of sp³-hybridized carbons (Fsp3) is 0.250. The number of carbonyl (C=O) groups is 1. The summed E-state index contributed by atoms with van der Waals surface area (Å²) in [5.41, 5.74) is 0.894. The molecule has 0 fully saturated rings. The van der Waals surface area contributed by atoms with Gasteiger partial charge in [0.15, 0.2) is 6.10 Å². The van der Waals surface area contributed by atoms with Crippen LogP contribution in [0.25, 0.3) is 0 Å². The number of benzene rings is 1. The first-order valence-electron chi connectivity index (χ1n) is 6.77. The quantitative estimate of drug-likeness (QED) is 0.855. The van der Waals surface area contributed by atoms with Crippen molar-refractivity contribution in [3.63, 3.8) is 0 Å². The third-order valence-electron chi connectivity index (χ3n) is 2.97. The molecular formula is C16H17BrN2O3. The molecule has 0 aliphatic rings. The van der Waals surface area contributed by atoms with Gasteiger partial charge >= 0.3 is 0 Å². The highest BCUT2D eigenvalue weighted by Gasteiger charge is 2.14. The van der Waals surface area contributed by atoms with Gasteiger partial charge in [-0.3, -0.25) is 4.79 Å². The predicted molar refractivity (Wildman–Crippen MR) is 86.9 cm³/mol. The van der Waals surface area contributed by atoms with Crippen LogP contribution in [-0.2, 0) is 11.3 Å². The molecule has 6 heteroatoms. The Kier molecular flexibility index (Phi) is 5.77. The molecule has 0 aliphatic heterocycles. The Morgan fingerprint density at radius 2 is 2.00 bits per heavy atom. The Labute approximate surface area is 137 Å². The van der Waals surface area contributed by atoms with Gasteiger partial charge in [-0.15, -0.1) is 0 Å². The average Bonchev–Trinajstić information content (AvgIpc) is 2.55. The SMILES string of the molecule is COc1ccc(CNC(=O)[C@H](C)Oc2ccc(Br)cc2)cn1. The molecule has 1 aromatic heterocycles. The molecule has 2 rings (SSSR count). The van der Waals surface area contributed by atoms with Gasteiger partial charge in [0.25, 0.3) is 5.91 Å². The van der Waals surface area contributed by atoms with Crippen LogP contribution >= 0.6 is 15.9 Å². The molecule has 0 aliphatic carbocycles. The summed E-state index contributed by atoms with van der Waals surface area (Å²) < 4.78 is 11.5. The summed E-state index contributed by atoms with van der Waals surface area (Å²) in [7, 11) is 1.56. The van der Waals surface area contributed by atoms with Gasteiger partial charge in [-0.25, -0.2) is 4.98 Å². The predicted octanol–water partition coefficient (Wildman–Crippen LogP) is 2.94. The van der Waals surface area contributed by atoms with E-state index in [0.717, 1.165) is 10.0 Å². The van der Waals surface area contributed by atoms with Gasteiger partial charge < -0.3 is 14.8 Å². The van der Waals surface area contributed by atoms with Gasteiger partial charge in [-0.1, -0.05) is 22.0 Å². The molecule has 0 bridgehead atoms. The molecule has 2 aromatic rings. The summed E-state index contributed by atoms with van der Waals surface area (Å²) >= 11 is 3.35. The molecule has 0 saturated heterocycles. The number of halogens is 1. The number of ether oxygens (including phenoxy) is 2. The highest BCUT2D eigenvalue weighted by molar-refractivity contribution is 9.10. The standard InChI is InChI=1S/C16H17BrN2O3/c1-11(22-14-6-4-13(17)5-7-14)16(20)19-10-12-3-8-15(21-2)18-9-12/h3-9,11H,10H2,1-2H3,(H,19,20)/t11-/m0/s1. The van der Waals surface area contributed by atoms with Crippen LogP contribution in [0.5, 0.6) is 11.6 Å². The Hall–Kier alpha value is -2.08. The van der Waals surface area contributed by atoms with Crippen molar-refractivity contribution in [1.82, 2.24) is 10.3 Å². The molecule has 5 nitrogen and oxygen atoms in total. The molecule has 1 amide bonds. The third-order valence-corrected chi connectivity index (χ3v) is 3.50. The number of carbonyl (C=O) groups excluding carboxylic acids is 1. The minimum absolute atomic E-state index is 0.182. The second-order valence-electron chi connectivity index (χ2n) is 4.64. The maximum atomic E-state index is 12.0. The number of nitrogens with zero attached hydrogens (tertiary/aromatic N) is 1. The fourth-order valence-electron chi connectivity index (χ4n) is 1.74. The number of aromatic nitrogens is 1. The molecule has 22 heavy (non-hydrogen) atoms. The van der Waals surface area contributed by atoms with Gasteiger partial charge in [0.2, 0.25) is 5.88 Å². The molecule has 1 atom stereocenters. The minimum Gasteiger partial charge on any atom is -0.481 e. The van der Waals surface area contributed by atoms with Crippen LogP contribution in [-0.4, -0.2) is 24.1 Å². The smallest absolute Gasteiger partial charge is 0.261 e. The maximum absolute atomic E-state index is 12.0. The van der Waals surface area contributed by atoms with Crippen LogP contribution in [0.1, 0.15) is 12.5 Å². The van der Waals surface area contributed by atoms with Gasteiger partial charge in [-0.05, 0) is 36.8 Å². The summed E-state index contributed by atoms with van der Waals surface area (Å²) in [6.45, 7) is 2.10. The summed E-state index contributed by atoms with van der Waals surface area (Å²) in [5, 5.41) is 2.81. The van der Waals surface area contributed by atoms with Gasteiger partial charge in [0.1, 0.15) is 5.75 Å². The van der Waals surface area contributed by atoms with Crippen molar-refractivity contribution in [2.24, 2.45) is 0 Å². The Morgan fingerprint density at radius 1 is 1.27 bits per heavy atom. The van der Waals surface area contributed by atoms with Crippen LogP contribution in [0.2, 0.25) is 0 Å². The van der Waals surface area contributed by atoms with E-state index in [1.807, 2.05) is 18.2 Å². The van der Waals surface area contributed by atoms with Crippen molar-refractivity contribution in [2.45, 2.75) is 19.6 Å². The highest BCUT2D eigenvalue weighted by Crippen LogP contribution is 2.17. The summed E-state index contributed by atoms with van der Waals surface area (Å²) in [6, 6.07) is 10.9. The first-order chi connectivity index (χ1) is 10.6. The minimum atomic E-state index is -0.576. The molecule has 1 aromatic carbocycles. The normalized spacial score (nSPS) is 11.6. The van der Waals surface area contributed by atoms with E-state index in [2.05, 4.69) is 26.2 Å². The third kappa shape index (κ3) is 4.73. The van der Waals surface area contributed by atoms with Crippen LogP contribution < -0.4 is 14.8 Å². The lowest BCUT2D eigenvalue weighted by Crippen LogP contribution is -2.35. The lowest BCUT2D eigenvalue weighted by molar-refractivity contribution is -0.127. The van der Waals surface area contributed by atoms with Gasteiger partial charge in [0, 0.05) is 23.3 Å². The molecule has 0 saturated carbocycles. The molecular weight excluding hydrogens is 348 g/mol. The second kappa shape index (κ2) is 7.79. The van der Waals surface area contributed by atoms with Crippen LogP contribution in [0.4, 0.5) is 0 Å². The number of nitrogens with one attached hydrogen (secondary N) is 1. The number of rotatable bonds is 6. The number of hydrogen-bond acceptors (Lipinski definition) is 4. The maximum Gasteiger partial charge on any atom is 0.261 e. The first-order valence-corrected chi connectivity index (χ1v) is 7.56. The Bertz CT molecular complexity index is 614. The molecule has 1 N–H and O–H groups in total. The number of pyridine rings is 1. The lowest BCUT2D eigenvalue weighted by Gasteiger charge is -2.14. The largest absolute Gasteiger partial charge is 0.481 e. The lowest BCUT2D eigenvalue weighted by atomic mass is 10.2. The molecule has 0 spiro atoms. The van der Waals surface area contributed by atoms with Gasteiger partial charge in [0.05, 0.1) is 7.11 Å². The first kappa shape index (κ1) is 16.3. The van der Waals surface area contributed by atoms with Crippen molar-refractivity contribution in [3.8, 4) is 11.6 Å². The zero-order chi connectivity index (χ0) is 15.9. The Balaban J connectivity index is 1.84. The number of amides is 1. The average molecular weight is 365 g/mol. The van der Waals surface area contributed by atoms with Crippen LogP contribution in [0, 0.1) is 0 Å². The van der Waals surface area contributed by atoms with E-state index in [1.54, 1.807) is 38.4 Å². The van der Waals surface area contributed by atoms with E-state index in [9.17, 15) is 4.79 Å². The van der Waals surface area contributed by atoms with E-state index in [1.165, 1.54) is 0 Å². The fourth-order valence-corrected chi connectivity index (χ4v) is 2.00. The van der Waals surface area contributed by atoms with Crippen molar-refractivity contribution in [1.29, 1.82) is 0 Å².